The minimum Gasteiger partial charge on any atom is -0.464 e. The molecule has 1 unspecified atom stereocenters. The number of carbonyl (C=O) groups is 2. The molecule has 1 amide bonds. The molecule has 1 atom stereocenters. The largest absolute Gasteiger partial charge is 0.464 e. The molecule has 2 heterocycles. The third-order valence-electron chi connectivity index (χ3n) is 5.05. The van der Waals surface area contributed by atoms with Gasteiger partial charge in [-0.05, 0) is 36.8 Å². The van der Waals surface area contributed by atoms with Crippen LogP contribution in [0.25, 0.3) is 11.0 Å². The molecule has 0 radical (unpaired) electrons. The van der Waals surface area contributed by atoms with Crippen LogP contribution in [0.1, 0.15) is 11.1 Å². The van der Waals surface area contributed by atoms with Crippen LogP contribution < -0.4 is 4.90 Å². The summed E-state index contributed by atoms with van der Waals surface area (Å²) in [7, 11) is -3.36. The lowest BCUT2D eigenvalue weighted by Gasteiger charge is -2.27. The van der Waals surface area contributed by atoms with E-state index in [2.05, 4.69) is 0 Å². The summed E-state index contributed by atoms with van der Waals surface area (Å²) in [5.74, 6) is -1.28. The summed E-state index contributed by atoms with van der Waals surface area (Å²) in [4.78, 5) is 26.6. The number of sulfone groups is 1. The van der Waals surface area contributed by atoms with Gasteiger partial charge in [-0.15, -0.1) is 0 Å². The van der Waals surface area contributed by atoms with Crippen molar-refractivity contribution in [2.75, 3.05) is 17.3 Å². The van der Waals surface area contributed by atoms with Crippen LogP contribution >= 0.6 is 0 Å². The van der Waals surface area contributed by atoms with E-state index < -0.39 is 34.4 Å². The van der Waals surface area contributed by atoms with Crippen molar-refractivity contribution >= 4 is 38.4 Å². The van der Waals surface area contributed by atoms with Crippen molar-refractivity contribution in [2.45, 2.75) is 19.4 Å². The molecule has 0 N–H and O–H groups in total. The zero-order valence-electron chi connectivity index (χ0n) is 16.9. The van der Waals surface area contributed by atoms with E-state index in [0.29, 0.717) is 16.8 Å². The first-order valence-corrected chi connectivity index (χ1v) is 11.4. The van der Waals surface area contributed by atoms with Crippen LogP contribution in [0, 0.1) is 6.92 Å². The van der Waals surface area contributed by atoms with Gasteiger partial charge in [0.05, 0.1) is 24.5 Å². The van der Waals surface area contributed by atoms with Crippen molar-refractivity contribution < 1.29 is 27.2 Å². The fraction of sp³-hybridized carbons (Fsp3) is 0.217. The molecule has 160 valence electrons. The molecule has 0 fully saturated rings. The fourth-order valence-corrected chi connectivity index (χ4v) is 4.84. The number of benzene rings is 2. The van der Waals surface area contributed by atoms with Gasteiger partial charge in [-0.2, -0.15) is 0 Å². The second-order valence-electron chi connectivity index (χ2n) is 7.42. The predicted octanol–water partition coefficient (Wildman–Crippen LogP) is 3.17. The second kappa shape index (κ2) is 8.39. The van der Waals surface area contributed by atoms with Crippen molar-refractivity contribution in [3.63, 3.8) is 0 Å². The lowest BCUT2D eigenvalue weighted by molar-refractivity contribution is -0.147. The van der Waals surface area contributed by atoms with Gasteiger partial charge < -0.3 is 14.1 Å². The van der Waals surface area contributed by atoms with Gasteiger partial charge in [-0.1, -0.05) is 30.3 Å². The monoisotopic (exact) mass is 439 g/mol. The van der Waals surface area contributed by atoms with Crippen LogP contribution in [-0.4, -0.2) is 38.7 Å². The molecule has 0 bridgehead atoms. The highest BCUT2D eigenvalue weighted by Gasteiger charge is 2.31. The smallest absolute Gasteiger partial charge is 0.310 e. The van der Waals surface area contributed by atoms with Crippen LogP contribution in [0.5, 0.6) is 0 Å². The maximum Gasteiger partial charge on any atom is 0.310 e. The van der Waals surface area contributed by atoms with Gasteiger partial charge in [0.15, 0.2) is 16.4 Å². The number of ether oxygens (including phenoxy) is 1. The zero-order valence-corrected chi connectivity index (χ0v) is 17.7. The molecule has 31 heavy (non-hydrogen) atoms. The predicted molar refractivity (Wildman–Crippen MR) is 116 cm³/mol. The van der Waals surface area contributed by atoms with Gasteiger partial charge in [-0.25, -0.2) is 8.42 Å². The number of esters is 1. The summed E-state index contributed by atoms with van der Waals surface area (Å²) in [6.07, 6.45) is 2.95. The Morgan fingerprint density at radius 1 is 1.16 bits per heavy atom. The molecule has 1 aliphatic rings. The summed E-state index contributed by atoms with van der Waals surface area (Å²) >= 11 is 0. The number of hydrogen-bond donors (Lipinski definition) is 0. The van der Waals surface area contributed by atoms with Crippen LogP contribution in [0.3, 0.4) is 0 Å². The summed E-state index contributed by atoms with van der Waals surface area (Å²) in [6, 6.07) is 13.7. The Morgan fingerprint density at radius 3 is 2.65 bits per heavy atom. The maximum absolute atomic E-state index is 12.9. The quantitative estimate of drug-likeness (QED) is 0.548. The Balaban J connectivity index is 1.45. The van der Waals surface area contributed by atoms with E-state index in [1.54, 1.807) is 30.3 Å². The molecule has 0 saturated heterocycles. The molecule has 0 saturated carbocycles. The standard InChI is InChI=1S/C23H21NO6S/c1-16-7-8-20-17(13-29-21(20)11-16)12-23(26)30-14-22(25)24(18-5-3-2-4-6-18)19-9-10-31(27,28)15-19/h2-11,13,19H,12,14-15H2,1H3. The summed E-state index contributed by atoms with van der Waals surface area (Å²) in [5.41, 5.74) is 2.94. The first kappa shape index (κ1) is 20.9. The third-order valence-corrected chi connectivity index (χ3v) is 6.43. The minimum atomic E-state index is -3.36. The number of nitrogens with zero attached hydrogens (tertiary/aromatic N) is 1. The Morgan fingerprint density at radius 2 is 1.94 bits per heavy atom. The number of amides is 1. The van der Waals surface area contributed by atoms with E-state index in [0.717, 1.165) is 16.4 Å². The number of rotatable bonds is 6. The van der Waals surface area contributed by atoms with E-state index in [1.165, 1.54) is 17.2 Å². The van der Waals surface area contributed by atoms with Crippen molar-refractivity contribution in [3.8, 4) is 0 Å². The van der Waals surface area contributed by atoms with Crippen molar-refractivity contribution in [1.29, 1.82) is 0 Å². The average molecular weight is 439 g/mol. The summed E-state index contributed by atoms with van der Waals surface area (Å²) in [6.45, 7) is 1.46. The molecule has 3 aromatic rings. The topological polar surface area (TPSA) is 93.9 Å². The van der Waals surface area contributed by atoms with Gasteiger partial charge >= 0.3 is 5.97 Å². The molecule has 0 aliphatic carbocycles. The number of para-hydroxylation sites is 1. The Bertz CT molecular complexity index is 1260. The molecule has 8 heteroatoms. The maximum atomic E-state index is 12.9. The van der Waals surface area contributed by atoms with E-state index in [4.69, 9.17) is 9.15 Å². The SMILES string of the molecule is Cc1ccc2c(CC(=O)OCC(=O)N(c3ccccc3)C3C=CS(=O)(=O)C3)coc2c1. The molecular formula is C23H21NO6S. The van der Waals surface area contributed by atoms with Crippen molar-refractivity contribution in [1.82, 2.24) is 0 Å². The Labute approximate surface area is 179 Å². The normalized spacial score (nSPS) is 17.0. The summed E-state index contributed by atoms with van der Waals surface area (Å²) < 4.78 is 34.4. The number of anilines is 1. The number of aryl methyl sites for hydroxylation is 1. The molecule has 2 aromatic carbocycles. The van der Waals surface area contributed by atoms with Crippen molar-refractivity contribution in [2.24, 2.45) is 0 Å². The Kier molecular flexibility index (Phi) is 5.65. The fourth-order valence-electron chi connectivity index (χ4n) is 3.57. The summed E-state index contributed by atoms with van der Waals surface area (Å²) in [5, 5.41) is 1.93. The van der Waals surface area contributed by atoms with Crippen LogP contribution in [0.2, 0.25) is 0 Å². The van der Waals surface area contributed by atoms with Gasteiger partial charge in [0.1, 0.15) is 5.58 Å². The highest BCUT2D eigenvalue weighted by molar-refractivity contribution is 7.94. The van der Waals surface area contributed by atoms with Crippen LogP contribution in [0.15, 0.2) is 70.7 Å². The zero-order chi connectivity index (χ0) is 22.0. The highest BCUT2D eigenvalue weighted by Crippen LogP contribution is 2.24. The molecule has 1 aromatic heterocycles. The second-order valence-corrected chi connectivity index (χ2v) is 9.35. The van der Waals surface area contributed by atoms with E-state index in [1.807, 2.05) is 25.1 Å². The van der Waals surface area contributed by atoms with E-state index >= 15 is 0 Å². The lowest BCUT2D eigenvalue weighted by Crippen LogP contribution is -2.43. The van der Waals surface area contributed by atoms with Crippen LogP contribution in [0.4, 0.5) is 5.69 Å². The average Bonchev–Trinajstić information content (AvgIpc) is 3.29. The number of fused-ring (bicyclic) bond motifs is 1. The Hall–Kier alpha value is -3.39. The van der Waals surface area contributed by atoms with Crippen molar-refractivity contribution in [3.05, 3.63) is 77.4 Å². The molecule has 7 nitrogen and oxygen atoms in total. The van der Waals surface area contributed by atoms with Gasteiger partial charge in [0.25, 0.3) is 5.91 Å². The molecule has 1 aliphatic heterocycles. The highest BCUT2D eigenvalue weighted by atomic mass is 32.2. The van der Waals surface area contributed by atoms with Gasteiger partial charge in [0.2, 0.25) is 0 Å². The van der Waals surface area contributed by atoms with Gasteiger partial charge in [0, 0.05) is 22.0 Å². The molecular weight excluding hydrogens is 418 g/mol. The van der Waals surface area contributed by atoms with Crippen LogP contribution in [-0.2, 0) is 30.6 Å². The van der Waals surface area contributed by atoms with Gasteiger partial charge in [-0.3, -0.25) is 9.59 Å². The van der Waals surface area contributed by atoms with E-state index in [-0.39, 0.29) is 12.2 Å². The first-order chi connectivity index (χ1) is 14.8. The minimum absolute atomic E-state index is 0.0353. The number of carbonyl (C=O) groups excluding carboxylic acids is 2. The molecule has 4 rings (SSSR count). The number of furan rings is 1. The first-order valence-electron chi connectivity index (χ1n) is 9.73. The molecule has 0 spiro atoms. The number of hydrogen-bond acceptors (Lipinski definition) is 6. The lowest BCUT2D eigenvalue weighted by atomic mass is 10.1. The van der Waals surface area contributed by atoms with E-state index in [9.17, 15) is 18.0 Å². The third kappa shape index (κ3) is 4.69.